The van der Waals surface area contributed by atoms with Gasteiger partial charge in [-0.05, 0) is 124 Å². The second kappa shape index (κ2) is 19.0. The highest BCUT2D eigenvalue weighted by atomic mass is 32.2. The van der Waals surface area contributed by atoms with Gasteiger partial charge >= 0.3 is 0 Å². The maximum atomic E-state index is 7.67. The second-order valence-corrected chi connectivity index (χ2v) is 29.5. The highest BCUT2D eigenvalue weighted by Gasteiger charge is 2.50. The van der Waals surface area contributed by atoms with Crippen LogP contribution in [-0.4, -0.2) is 40.1 Å². The minimum absolute atomic E-state index is 0.150. The summed E-state index contributed by atoms with van der Waals surface area (Å²) in [5.41, 5.74) is 22.0. The summed E-state index contributed by atoms with van der Waals surface area (Å²) in [5, 5.41) is 13.6. The lowest BCUT2D eigenvalue weighted by Crippen LogP contribution is -2.64. The molecule has 1 N–H and O–H groups in total. The van der Waals surface area contributed by atoms with E-state index >= 15 is 0 Å². The van der Waals surface area contributed by atoms with Crippen LogP contribution in [0.3, 0.4) is 0 Å². The third kappa shape index (κ3) is 6.80. The van der Waals surface area contributed by atoms with E-state index in [4.69, 9.17) is 18.9 Å². The molecule has 0 radical (unpaired) electrons. The molecule has 5 aromatic heterocycles. The van der Waals surface area contributed by atoms with Gasteiger partial charge in [0.15, 0.2) is 0 Å². The number of anilines is 4. The van der Waals surface area contributed by atoms with E-state index in [1.54, 1.807) is 11.9 Å². The number of thiophene rings is 2. The standard InChI is InChI=1S/C83H46B3N5O4S3/c1-96-91-67-42-59-55(85-77-60(87-59)34-44(36-71(77)94-80-53-24-8-16-32-75(53)97-82(80)85)88-61-26-10-2-18-47(61)48-19-3-11-27-62(48)88)40-56(67)84-57-41-58-70(43-69(57)92-72-37-45(35-68(91)78(72)84)89-63-28-12-4-20-49(63)50-21-5-13-29-64(50)89)93-73-38-46(90-65-30-14-6-22-51(65)52-23-7-15-31-66(52)90)39-74-79(73)86(58)83-81(95-74)54-25-9-17-33-76(54)98-83/h2-43,87H,1H3. The molecule has 9 nitrogen and oxygen atoms in total. The number of hydrogen-bond acceptors (Lipinski definition) is 9. The van der Waals surface area contributed by atoms with Crippen molar-refractivity contribution in [2.24, 2.45) is 0 Å². The molecule has 0 bridgehead atoms. The molecule has 0 fully saturated rings. The average molecular weight is 1310 g/mol. The van der Waals surface area contributed by atoms with Gasteiger partial charge in [0, 0.05) is 121 Å². The lowest BCUT2D eigenvalue weighted by atomic mass is 9.31. The number of fused-ring (bicyclic) bond motifs is 25. The maximum Gasteiger partial charge on any atom is 0.273 e. The molecule has 6 aliphatic rings. The second-order valence-electron chi connectivity index (χ2n) is 26.6. The number of benzene rings is 13. The van der Waals surface area contributed by atoms with Gasteiger partial charge in [0.05, 0.1) is 55.8 Å². The van der Waals surface area contributed by atoms with Gasteiger partial charge in [-0.15, -0.1) is 22.7 Å². The summed E-state index contributed by atoms with van der Waals surface area (Å²) < 4.78 is 44.3. The number of hydrogen-bond donors (Lipinski definition) is 1. The molecule has 15 heteroatoms. The van der Waals surface area contributed by atoms with Crippen molar-refractivity contribution in [3.05, 3.63) is 255 Å². The summed E-state index contributed by atoms with van der Waals surface area (Å²) in [6.07, 6.45) is 2.21. The molecule has 0 spiro atoms. The minimum Gasteiger partial charge on any atom is -0.458 e. The molecular weight excluding hydrogens is 1260 g/mol. The number of ether oxygens (including phenoxy) is 4. The molecule has 18 aromatic rings. The number of rotatable bonds is 4. The van der Waals surface area contributed by atoms with Gasteiger partial charge in [0.25, 0.3) is 20.1 Å². The first kappa shape index (κ1) is 52.8. The predicted octanol–water partition coefficient (Wildman–Crippen LogP) is 16.2. The Morgan fingerprint density at radius 2 is 0.704 bits per heavy atom. The van der Waals surface area contributed by atoms with E-state index in [1.807, 2.05) is 22.7 Å². The van der Waals surface area contributed by atoms with Crippen molar-refractivity contribution in [2.75, 3.05) is 15.9 Å². The SMILES string of the molecule is CSN1c2cc3c(cc2B2c4cc5c(cc4Oc4cc(-n6c7ccccc7c7ccccc76)cc1c42)Oc1cc(-n2c4ccccc4c4ccccc42)cc2c1B5c1sc4ccccc4c1O2)B1c2sc4ccccc4c2Oc2cc(-n4c5ccccc5c5ccccc54)cc(c21)N3. The van der Waals surface area contributed by atoms with Gasteiger partial charge in [0.1, 0.15) is 46.0 Å². The number of aromatic nitrogens is 3. The van der Waals surface area contributed by atoms with E-state index < -0.39 is 0 Å². The summed E-state index contributed by atoms with van der Waals surface area (Å²) in [6, 6.07) is 93.3. The van der Waals surface area contributed by atoms with Gasteiger partial charge in [0.2, 0.25) is 0 Å². The zero-order valence-corrected chi connectivity index (χ0v) is 54.6. The Balaban J connectivity index is 0.754. The number of nitrogens with one attached hydrogen (secondary N) is 1. The third-order valence-corrected chi connectivity index (χ3v) is 24.9. The quantitative estimate of drug-likeness (QED) is 0.139. The Bertz CT molecular complexity index is 6580. The third-order valence-electron chi connectivity index (χ3n) is 21.7. The summed E-state index contributed by atoms with van der Waals surface area (Å²) in [4.78, 5) is 0. The Kier molecular flexibility index (Phi) is 10.2. The molecule has 454 valence electrons. The Morgan fingerprint density at radius 3 is 1.19 bits per heavy atom. The highest BCUT2D eigenvalue weighted by Crippen LogP contribution is 2.49. The number of nitrogens with zero attached hydrogens (tertiary/aromatic N) is 4. The Morgan fingerprint density at radius 1 is 0.316 bits per heavy atom. The molecule has 98 heavy (non-hydrogen) atoms. The van der Waals surface area contributed by atoms with Crippen LogP contribution in [0.25, 0.3) is 103 Å². The summed E-state index contributed by atoms with van der Waals surface area (Å²) in [6.45, 7) is -0.635. The van der Waals surface area contributed by atoms with Crippen molar-refractivity contribution in [3.8, 4) is 63.1 Å². The van der Waals surface area contributed by atoms with E-state index in [1.165, 1.54) is 57.4 Å². The zero-order valence-electron chi connectivity index (χ0n) is 52.1. The van der Waals surface area contributed by atoms with Crippen molar-refractivity contribution < 1.29 is 18.9 Å². The predicted molar refractivity (Wildman–Crippen MR) is 412 cm³/mol. The molecule has 11 heterocycles. The van der Waals surface area contributed by atoms with Gasteiger partial charge in [-0.25, -0.2) is 0 Å². The first-order chi connectivity index (χ1) is 48.5. The largest absolute Gasteiger partial charge is 0.458 e. The van der Waals surface area contributed by atoms with Gasteiger partial charge < -0.3 is 38.0 Å². The van der Waals surface area contributed by atoms with Gasteiger partial charge in [-0.3, -0.25) is 4.31 Å². The first-order valence-corrected chi connectivity index (χ1v) is 36.1. The van der Waals surface area contributed by atoms with Crippen molar-refractivity contribution in [2.45, 2.75) is 0 Å². The summed E-state index contributed by atoms with van der Waals surface area (Å²) in [7, 11) is 0. The van der Waals surface area contributed by atoms with Gasteiger partial charge in [-0.2, -0.15) is 0 Å². The molecule has 0 saturated carbocycles. The van der Waals surface area contributed by atoms with Crippen LogP contribution in [0.2, 0.25) is 0 Å². The Labute approximate surface area is 573 Å². The van der Waals surface area contributed by atoms with E-state index in [0.29, 0.717) is 0 Å². The summed E-state index contributed by atoms with van der Waals surface area (Å²) in [5.74, 6) is 6.58. The molecule has 0 aliphatic carbocycles. The molecule has 13 aromatic carbocycles. The van der Waals surface area contributed by atoms with Gasteiger partial charge in [-0.1, -0.05) is 146 Å². The molecule has 6 aliphatic heterocycles. The normalized spacial score (nSPS) is 13.9. The van der Waals surface area contributed by atoms with Crippen LogP contribution in [0.1, 0.15) is 0 Å². The van der Waals surface area contributed by atoms with Crippen molar-refractivity contribution in [1.29, 1.82) is 0 Å². The lowest BCUT2D eigenvalue weighted by molar-refractivity contribution is 0.457. The van der Waals surface area contributed by atoms with Crippen LogP contribution in [0.4, 0.5) is 22.7 Å². The zero-order chi connectivity index (χ0) is 63.5. The van der Waals surface area contributed by atoms with Crippen LogP contribution in [0.15, 0.2) is 255 Å². The fourth-order valence-electron chi connectivity index (χ4n) is 17.8. The first-order valence-electron chi connectivity index (χ1n) is 33.2. The summed E-state index contributed by atoms with van der Waals surface area (Å²) >= 11 is 5.39. The number of para-hydroxylation sites is 6. The van der Waals surface area contributed by atoms with E-state index in [9.17, 15) is 0 Å². The van der Waals surface area contributed by atoms with E-state index in [-0.39, 0.29) is 20.1 Å². The van der Waals surface area contributed by atoms with Crippen LogP contribution in [0, 0.1) is 0 Å². The van der Waals surface area contributed by atoms with Crippen LogP contribution >= 0.6 is 34.6 Å². The molecule has 0 atom stereocenters. The Hall–Kier alpha value is -11.5. The van der Waals surface area contributed by atoms with E-state index in [2.05, 4.69) is 284 Å². The fourth-order valence-corrected chi connectivity index (χ4v) is 21.0. The average Bonchev–Trinajstić information content (AvgIpc) is 0.861. The van der Waals surface area contributed by atoms with Crippen molar-refractivity contribution in [3.63, 3.8) is 0 Å². The lowest BCUT2D eigenvalue weighted by Gasteiger charge is -2.41. The minimum atomic E-state index is -0.273. The molecule has 0 saturated heterocycles. The molecule has 0 amide bonds. The molecule has 0 unspecified atom stereocenters. The molecular formula is C83H46B3N5O4S3. The van der Waals surface area contributed by atoms with Crippen LogP contribution in [0.5, 0.6) is 46.0 Å². The van der Waals surface area contributed by atoms with Crippen molar-refractivity contribution in [1.82, 2.24) is 13.7 Å². The monoisotopic (exact) mass is 1310 g/mol. The smallest absolute Gasteiger partial charge is 0.273 e. The van der Waals surface area contributed by atoms with Crippen molar-refractivity contribution >= 4 is 211 Å². The maximum absolute atomic E-state index is 7.67. The topological polar surface area (TPSA) is 67.0 Å². The highest BCUT2D eigenvalue weighted by molar-refractivity contribution is 8.00. The molecule has 24 rings (SSSR count). The fraction of sp³-hybridized carbons (Fsp3) is 0.0120. The van der Waals surface area contributed by atoms with E-state index in [0.717, 1.165) is 162 Å². The van der Waals surface area contributed by atoms with Crippen LogP contribution < -0.4 is 76.4 Å². The van der Waals surface area contributed by atoms with Crippen LogP contribution in [-0.2, 0) is 0 Å².